The Bertz CT molecular complexity index is 1560. The largest absolute Gasteiger partial charge is 0.396 e. The smallest absolute Gasteiger partial charge is 0.284 e. The average molecular weight is 594 g/mol. The first kappa shape index (κ1) is 29.3. The number of amides is 2. The van der Waals surface area contributed by atoms with Crippen molar-refractivity contribution < 1.29 is 23.1 Å². The van der Waals surface area contributed by atoms with Gasteiger partial charge in [0.25, 0.3) is 12.3 Å². The number of likely N-dealkylation sites (tertiary alicyclic amines) is 1. The predicted octanol–water partition coefficient (Wildman–Crippen LogP) is 3.91. The third-order valence-electron chi connectivity index (χ3n) is 8.96. The number of nitrogen functional groups attached to an aromatic ring is 1. The highest BCUT2D eigenvalue weighted by Crippen LogP contribution is 2.35. The van der Waals surface area contributed by atoms with Crippen molar-refractivity contribution in [2.75, 3.05) is 32.0 Å². The van der Waals surface area contributed by atoms with Gasteiger partial charge in [0, 0.05) is 43.2 Å². The molecule has 1 aromatic carbocycles. The Morgan fingerprint density at radius 1 is 1.14 bits per heavy atom. The minimum Gasteiger partial charge on any atom is -0.396 e. The zero-order valence-corrected chi connectivity index (χ0v) is 24.3. The quantitative estimate of drug-likeness (QED) is 0.315. The summed E-state index contributed by atoms with van der Waals surface area (Å²) in [7, 11) is 0. The molecule has 10 nitrogen and oxygen atoms in total. The summed E-state index contributed by atoms with van der Waals surface area (Å²) in [6.07, 6.45) is 4.62. The topological polar surface area (TPSA) is 120 Å². The highest BCUT2D eigenvalue weighted by Gasteiger charge is 2.31. The Labute approximate surface area is 248 Å². The van der Waals surface area contributed by atoms with Crippen molar-refractivity contribution in [2.24, 2.45) is 5.92 Å². The number of anilines is 1. The van der Waals surface area contributed by atoms with Gasteiger partial charge in [0.15, 0.2) is 5.69 Å². The number of aryl methyl sites for hydroxylation is 1. The summed E-state index contributed by atoms with van der Waals surface area (Å²) >= 11 is 0. The van der Waals surface area contributed by atoms with Crippen molar-refractivity contribution in [1.29, 1.82) is 0 Å². The molecule has 3 N–H and O–H groups in total. The van der Waals surface area contributed by atoms with Crippen LogP contribution in [0.1, 0.15) is 80.4 Å². The molecule has 0 spiro atoms. The minimum absolute atomic E-state index is 0.0676. The number of hydrogen-bond donors (Lipinski definition) is 2. The highest BCUT2D eigenvalue weighted by molar-refractivity contribution is 6.00. The number of rotatable bonds is 7. The van der Waals surface area contributed by atoms with Crippen LogP contribution in [-0.2, 0) is 14.3 Å². The Balaban J connectivity index is 0.985. The Kier molecular flexibility index (Phi) is 8.45. The SMILES string of the molecule is Cc1nn(C2CCC(=O)NC2=O)c2cccc(C#CCO[C@H]3CCN(CC4CCC(n5cc(N)c(C(F)F)n5)CC4)C3)c12. The number of piperidine rings is 1. The molecule has 0 bridgehead atoms. The lowest BCUT2D eigenvalue weighted by Crippen LogP contribution is -2.42. The molecule has 1 unspecified atom stereocenters. The van der Waals surface area contributed by atoms with E-state index in [9.17, 15) is 18.4 Å². The van der Waals surface area contributed by atoms with Crippen LogP contribution < -0.4 is 11.1 Å². The molecule has 2 amide bonds. The molecule has 12 heteroatoms. The van der Waals surface area contributed by atoms with E-state index in [4.69, 9.17) is 10.5 Å². The highest BCUT2D eigenvalue weighted by atomic mass is 19.3. The van der Waals surface area contributed by atoms with Crippen molar-refractivity contribution in [2.45, 2.75) is 76.5 Å². The number of aromatic nitrogens is 4. The van der Waals surface area contributed by atoms with Crippen molar-refractivity contribution in [1.82, 2.24) is 29.8 Å². The van der Waals surface area contributed by atoms with Crippen LogP contribution in [0.4, 0.5) is 14.5 Å². The first-order chi connectivity index (χ1) is 20.8. The lowest BCUT2D eigenvalue weighted by molar-refractivity contribution is -0.135. The van der Waals surface area contributed by atoms with Crippen LogP contribution in [0.15, 0.2) is 24.4 Å². The van der Waals surface area contributed by atoms with E-state index in [0.29, 0.717) is 25.4 Å². The first-order valence-electron chi connectivity index (χ1n) is 15.0. The second kappa shape index (κ2) is 12.4. The van der Waals surface area contributed by atoms with Gasteiger partial charge >= 0.3 is 0 Å². The number of halogens is 2. The standard InChI is InChI=1S/C31H37F2N7O3/c1-19-28-21(4-2-6-25(28)40(36-19)26-11-12-27(41)35-31(26)42)5-3-15-43-23-13-14-38(17-23)16-20-7-9-22(10-8-20)39-18-24(34)29(37-39)30(32)33/h2,4,6,18,20,22-23,26,30H,7-17,34H2,1H3,(H,35,41,42)/t20?,22?,23-,26?/m0/s1. The number of fused-ring (bicyclic) bond motifs is 1. The maximum absolute atomic E-state index is 13.1. The van der Waals surface area contributed by atoms with E-state index in [1.807, 2.05) is 25.1 Å². The monoisotopic (exact) mass is 593 g/mol. The fourth-order valence-electron chi connectivity index (χ4n) is 6.76. The van der Waals surface area contributed by atoms with E-state index in [-0.39, 0.29) is 35.3 Å². The van der Waals surface area contributed by atoms with Crippen LogP contribution in [-0.4, -0.2) is 68.6 Å². The van der Waals surface area contributed by atoms with Gasteiger partial charge in [0.1, 0.15) is 12.6 Å². The lowest BCUT2D eigenvalue weighted by atomic mass is 9.86. The second-order valence-corrected chi connectivity index (χ2v) is 11.9. The van der Waals surface area contributed by atoms with Crippen LogP contribution in [0.5, 0.6) is 0 Å². The number of benzene rings is 1. The molecule has 43 heavy (non-hydrogen) atoms. The number of alkyl halides is 2. The molecule has 2 atom stereocenters. The Morgan fingerprint density at radius 3 is 2.70 bits per heavy atom. The molecular weight excluding hydrogens is 556 g/mol. The van der Waals surface area contributed by atoms with Crippen LogP contribution in [0.25, 0.3) is 10.9 Å². The summed E-state index contributed by atoms with van der Waals surface area (Å²) in [5.74, 6) is 6.40. The number of nitrogens with one attached hydrogen (secondary N) is 1. The van der Waals surface area contributed by atoms with Crippen LogP contribution in [0.3, 0.4) is 0 Å². The second-order valence-electron chi connectivity index (χ2n) is 11.9. The summed E-state index contributed by atoms with van der Waals surface area (Å²) in [5, 5.41) is 12.0. The summed E-state index contributed by atoms with van der Waals surface area (Å²) in [6.45, 7) is 5.11. The minimum atomic E-state index is -2.65. The predicted molar refractivity (Wildman–Crippen MR) is 156 cm³/mol. The van der Waals surface area contributed by atoms with Gasteiger partial charge in [-0.3, -0.25) is 24.3 Å². The summed E-state index contributed by atoms with van der Waals surface area (Å²) in [5.41, 5.74) is 7.92. The van der Waals surface area contributed by atoms with E-state index < -0.39 is 12.5 Å². The van der Waals surface area contributed by atoms with Gasteiger partial charge in [-0.2, -0.15) is 10.2 Å². The van der Waals surface area contributed by atoms with Gasteiger partial charge in [-0.05, 0) is 63.5 Å². The molecule has 3 fully saturated rings. The van der Waals surface area contributed by atoms with E-state index in [1.165, 1.54) is 0 Å². The molecule has 1 saturated carbocycles. The third-order valence-corrected chi connectivity index (χ3v) is 8.96. The summed E-state index contributed by atoms with van der Waals surface area (Å²) in [4.78, 5) is 26.5. The van der Waals surface area contributed by atoms with Crippen LogP contribution in [0, 0.1) is 24.7 Å². The number of ether oxygens (including phenoxy) is 1. The fourth-order valence-corrected chi connectivity index (χ4v) is 6.76. The van der Waals surface area contributed by atoms with E-state index in [0.717, 1.165) is 73.9 Å². The first-order valence-corrected chi connectivity index (χ1v) is 15.0. The van der Waals surface area contributed by atoms with Gasteiger partial charge in [0.05, 0.1) is 29.0 Å². The van der Waals surface area contributed by atoms with Gasteiger partial charge in [-0.1, -0.05) is 17.9 Å². The maximum Gasteiger partial charge on any atom is 0.284 e. The van der Waals surface area contributed by atoms with Gasteiger partial charge in [0.2, 0.25) is 5.91 Å². The zero-order valence-electron chi connectivity index (χ0n) is 24.3. The van der Waals surface area contributed by atoms with Crippen molar-refractivity contribution >= 4 is 28.4 Å². The molecule has 0 radical (unpaired) electrons. The van der Waals surface area contributed by atoms with Crippen molar-refractivity contribution in [3.63, 3.8) is 0 Å². The van der Waals surface area contributed by atoms with Gasteiger partial charge < -0.3 is 15.4 Å². The molecule has 2 aromatic heterocycles. The number of nitrogens with zero attached hydrogens (tertiary/aromatic N) is 5. The number of imide groups is 1. The Hall–Kier alpha value is -3.82. The molecular formula is C31H37F2N7O3. The molecule has 4 heterocycles. The summed E-state index contributed by atoms with van der Waals surface area (Å²) in [6, 6.07) is 5.39. The fraction of sp³-hybridized carbons (Fsp3) is 0.548. The molecule has 2 saturated heterocycles. The van der Waals surface area contributed by atoms with Gasteiger partial charge in [-0.15, -0.1) is 0 Å². The van der Waals surface area contributed by atoms with Crippen molar-refractivity contribution in [3.8, 4) is 11.8 Å². The van der Waals surface area contributed by atoms with E-state index >= 15 is 0 Å². The Morgan fingerprint density at radius 2 is 1.95 bits per heavy atom. The maximum atomic E-state index is 13.1. The normalized spacial score (nSPS) is 24.8. The number of nitrogens with two attached hydrogens (primary N) is 1. The average Bonchev–Trinajstić information content (AvgIpc) is 3.69. The molecule has 3 aliphatic rings. The number of hydrogen-bond acceptors (Lipinski definition) is 7. The van der Waals surface area contributed by atoms with Crippen LogP contribution in [0.2, 0.25) is 0 Å². The van der Waals surface area contributed by atoms with Gasteiger partial charge in [-0.25, -0.2) is 8.78 Å². The molecule has 6 rings (SSSR count). The zero-order chi connectivity index (χ0) is 30.1. The lowest BCUT2D eigenvalue weighted by Gasteiger charge is -2.31. The molecule has 1 aliphatic carbocycles. The summed E-state index contributed by atoms with van der Waals surface area (Å²) < 4.78 is 35.6. The molecule has 2 aliphatic heterocycles. The third kappa shape index (κ3) is 6.28. The van der Waals surface area contributed by atoms with Crippen molar-refractivity contribution in [3.05, 3.63) is 41.3 Å². The van der Waals surface area contributed by atoms with E-state index in [2.05, 4.69) is 32.3 Å². The number of carbonyl (C=O) groups is 2. The van der Waals surface area contributed by atoms with E-state index in [1.54, 1.807) is 15.6 Å². The number of carbonyl (C=O) groups excluding carboxylic acids is 2. The molecule has 3 aromatic rings. The van der Waals surface area contributed by atoms with Crippen LogP contribution >= 0.6 is 0 Å². The molecule has 228 valence electrons.